The van der Waals surface area contributed by atoms with Crippen LogP contribution in [0.25, 0.3) is 0 Å². The van der Waals surface area contributed by atoms with Gasteiger partial charge in [-0.25, -0.2) is 0 Å². The highest BCUT2D eigenvalue weighted by Gasteiger charge is 2.36. The maximum Gasteiger partial charge on any atom is 0.245 e. The first-order valence-corrected chi connectivity index (χ1v) is 7.11. The lowest BCUT2D eigenvalue weighted by atomic mass is 10.1. The molecule has 2 amide bonds. The minimum atomic E-state index is -0.371. The van der Waals surface area contributed by atoms with E-state index in [2.05, 4.69) is 5.32 Å². The van der Waals surface area contributed by atoms with E-state index in [1.54, 1.807) is 23.6 Å². The molecule has 1 fully saturated rings. The average molecular weight is 244 g/mol. The molecule has 16 heavy (non-hydrogen) atoms. The summed E-state index contributed by atoms with van der Waals surface area (Å²) >= 11 is 1.76. The molecule has 2 unspecified atom stereocenters. The van der Waals surface area contributed by atoms with Gasteiger partial charge >= 0.3 is 0 Å². The van der Waals surface area contributed by atoms with Crippen molar-refractivity contribution in [2.24, 2.45) is 0 Å². The molecule has 0 aromatic rings. The smallest absolute Gasteiger partial charge is 0.245 e. The topological polar surface area (TPSA) is 49.4 Å². The second-order valence-electron chi connectivity index (χ2n) is 4.03. The standard InChI is InChI=1S/C11H20N2O2S/c1-4-9-10(14)12-8(2)11(15)13(9)6-5-7-16-3/h8-9H,4-7H2,1-3H3,(H,12,14). The molecule has 4 nitrogen and oxygen atoms in total. The van der Waals surface area contributed by atoms with Crippen molar-refractivity contribution in [3.8, 4) is 0 Å². The number of hydrogen-bond acceptors (Lipinski definition) is 3. The van der Waals surface area contributed by atoms with Gasteiger partial charge in [-0.15, -0.1) is 0 Å². The molecule has 2 atom stereocenters. The van der Waals surface area contributed by atoms with Crippen LogP contribution in [0.5, 0.6) is 0 Å². The maximum absolute atomic E-state index is 11.9. The van der Waals surface area contributed by atoms with Crippen LogP contribution in [0.15, 0.2) is 0 Å². The Balaban J connectivity index is 2.65. The Morgan fingerprint density at radius 3 is 2.69 bits per heavy atom. The Labute approximate surface area is 101 Å². The molecular weight excluding hydrogens is 224 g/mol. The number of nitrogens with zero attached hydrogens (tertiary/aromatic N) is 1. The van der Waals surface area contributed by atoms with Crippen molar-refractivity contribution in [2.75, 3.05) is 18.6 Å². The summed E-state index contributed by atoms with van der Waals surface area (Å²) in [7, 11) is 0. The number of thioether (sulfide) groups is 1. The zero-order valence-corrected chi connectivity index (χ0v) is 11.0. The van der Waals surface area contributed by atoms with Gasteiger partial charge in [0.2, 0.25) is 11.8 Å². The van der Waals surface area contributed by atoms with Crippen LogP contribution >= 0.6 is 11.8 Å². The average Bonchev–Trinajstić information content (AvgIpc) is 2.25. The maximum atomic E-state index is 11.9. The number of amides is 2. The molecular formula is C11H20N2O2S. The molecule has 0 saturated carbocycles. The fraction of sp³-hybridized carbons (Fsp3) is 0.818. The molecule has 0 radical (unpaired) electrons. The first-order chi connectivity index (χ1) is 7.61. The normalized spacial score (nSPS) is 25.8. The Kier molecular flexibility index (Phi) is 5.12. The van der Waals surface area contributed by atoms with Gasteiger partial charge in [-0.1, -0.05) is 6.92 Å². The quantitative estimate of drug-likeness (QED) is 0.730. The van der Waals surface area contributed by atoms with Crippen LogP contribution in [0.2, 0.25) is 0 Å². The van der Waals surface area contributed by atoms with E-state index in [1.165, 1.54) is 0 Å². The van der Waals surface area contributed by atoms with Crippen LogP contribution < -0.4 is 5.32 Å². The van der Waals surface area contributed by atoms with E-state index in [9.17, 15) is 9.59 Å². The highest BCUT2D eigenvalue weighted by molar-refractivity contribution is 7.98. The Morgan fingerprint density at radius 1 is 1.44 bits per heavy atom. The van der Waals surface area contributed by atoms with Gasteiger partial charge in [0.15, 0.2) is 0 Å². The van der Waals surface area contributed by atoms with E-state index in [0.717, 1.165) is 12.2 Å². The molecule has 5 heteroatoms. The molecule has 1 rings (SSSR count). The summed E-state index contributed by atoms with van der Waals surface area (Å²) in [6.07, 6.45) is 3.68. The van der Waals surface area contributed by atoms with Crippen LogP contribution in [0.3, 0.4) is 0 Å². The second-order valence-corrected chi connectivity index (χ2v) is 5.02. The predicted octanol–water partition coefficient (Wildman–Crippen LogP) is 0.865. The van der Waals surface area contributed by atoms with E-state index in [0.29, 0.717) is 13.0 Å². The summed E-state index contributed by atoms with van der Waals surface area (Å²) in [4.78, 5) is 25.4. The molecule has 1 aliphatic heterocycles. The van der Waals surface area contributed by atoms with Crippen molar-refractivity contribution in [3.05, 3.63) is 0 Å². The molecule has 0 spiro atoms. The number of nitrogens with one attached hydrogen (secondary N) is 1. The SMILES string of the molecule is CCC1C(=O)NC(C)C(=O)N1CCCSC. The highest BCUT2D eigenvalue weighted by atomic mass is 32.2. The fourth-order valence-electron chi connectivity index (χ4n) is 1.97. The monoisotopic (exact) mass is 244 g/mol. The van der Waals surface area contributed by atoms with E-state index in [1.807, 2.05) is 13.2 Å². The predicted molar refractivity (Wildman–Crippen MR) is 66.4 cm³/mol. The van der Waals surface area contributed by atoms with Crippen LogP contribution in [0, 0.1) is 0 Å². The third-order valence-corrected chi connectivity index (χ3v) is 3.52. The Bertz CT molecular complexity index is 271. The lowest BCUT2D eigenvalue weighted by molar-refractivity contribution is -0.148. The molecule has 1 N–H and O–H groups in total. The minimum absolute atomic E-state index is 0.0150. The molecule has 0 aliphatic carbocycles. The van der Waals surface area contributed by atoms with E-state index in [-0.39, 0.29) is 23.9 Å². The van der Waals surface area contributed by atoms with E-state index < -0.39 is 0 Å². The van der Waals surface area contributed by atoms with Gasteiger partial charge < -0.3 is 10.2 Å². The van der Waals surface area contributed by atoms with Crippen LogP contribution in [-0.2, 0) is 9.59 Å². The summed E-state index contributed by atoms with van der Waals surface area (Å²) in [6.45, 7) is 4.37. The van der Waals surface area contributed by atoms with Gasteiger partial charge in [0.05, 0.1) is 0 Å². The molecule has 0 bridgehead atoms. The van der Waals surface area contributed by atoms with E-state index >= 15 is 0 Å². The third kappa shape index (κ3) is 2.90. The van der Waals surface area contributed by atoms with Gasteiger partial charge in [-0.3, -0.25) is 9.59 Å². The van der Waals surface area contributed by atoms with Crippen molar-refractivity contribution in [1.82, 2.24) is 10.2 Å². The zero-order valence-electron chi connectivity index (χ0n) is 10.2. The molecule has 1 saturated heterocycles. The van der Waals surface area contributed by atoms with Gasteiger partial charge in [0.1, 0.15) is 12.1 Å². The van der Waals surface area contributed by atoms with Gasteiger partial charge in [-0.2, -0.15) is 11.8 Å². The first kappa shape index (κ1) is 13.4. The van der Waals surface area contributed by atoms with Crippen molar-refractivity contribution in [3.63, 3.8) is 0 Å². The largest absolute Gasteiger partial charge is 0.343 e. The first-order valence-electron chi connectivity index (χ1n) is 5.71. The van der Waals surface area contributed by atoms with Crippen molar-refractivity contribution in [2.45, 2.75) is 38.8 Å². The number of piperazine rings is 1. The van der Waals surface area contributed by atoms with Crippen LogP contribution in [0.1, 0.15) is 26.7 Å². The summed E-state index contributed by atoms with van der Waals surface area (Å²) < 4.78 is 0. The number of carbonyl (C=O) groups excluding carboxylic acids is 2. The molecule has 1 heterocycles. The number of hydrogen-bond donors (Lipinski definition) is 1. The number of carbonyl (C=O) groups is 2. The second kappa shape index (κ2) is 6.13. The van der Waals surface area contributed by atoms with Crippen molar-refractivity contribution >= 4 is 23.6 Å². The van der Waals surface area contributed by atoms with Gasteiger partial charge in [0.25, 0.3) is 0 Å². The molecule has 1 aliphatic rings. The van der Waals surface area contributed by atoms with Crippen LogP contribution in [-0.4, -0.2) is 47.4 Å². The summed E-state index contributed by atoms with van der Waals surface area (Å²) in [6, 6.07) is -0.643. The van der Waals surface area contributed by atoms with Gasteiger partial charge in [-0.05, 0) is 31.8 Å². The van der Waals surface area contributed by atoms with Crippen molar-refractivity contribution in [1.29, 1.82) is 0 Å². The highest BCUT2D eigenvalue weighted by Crippen LogP contribution is 2.14. The Morgan fingerprint density at radius 2 is 2.12 bits per heavy atom. The number of rotatable bonds is 5. The third-order valence-electron chi connectivity index (χ3n) is 2.83. The Hall–Kier alpha value is -0.710. The molecule has 0 aromatic carbocycles. The molecule has 92 valence electrons. The van der Waals surface area contributed by atoms with Crippen molar-refractivity contribution < 1.29 is 9.59 Å². The fourth-order valence-corrected chi connectivity index (χ4v) is 2.38. The van der Waals surface area contributed by atoms with Crippen LogP contribution in [0.4, 0.5) is 0 Å². The molecule has 0 aromatic heterocycles. The lowest BCUT2D eigenvalue weighted by Crippen LogP contribution is -2.62. The zero-order chi connectivity index (χ0) is 12.1. The lowest BCUT2D eigenvalue weighted by Gasteiger charge is -2.37. The van der Waals surface area contributed by atoms with E-state index in [4.69, 9.17) is 0 Å². The minimum Gasteiger partial charge on any atom is -0.343 e. The summed E-state index contributed by atoms with van der Waals surface area (Å²) in [5, 5.41) is 2.72. The summed E-state index contributed by atoms with van der Waals surface area (Å²) in [5.74, 6) is 1.06. The summed E-state index contributed by atoms with van der Waals surface area (Å²) in [5.41, 5.74) is 0. The van der Waals surface area contributed by atoms with Gasteiger partial charge in [0, 0.05) is 6.54 Å².